The van der Waals surface area contributed by atoms with E-state index in [4.69, 9.17) is 0 Å². The summed E-state index contributed by atoms with van der Waals surface area (Å²) < 4.78 is 22.4. The number of carbonyl (C=O) groups excluding carboxylic acids is 1. The smallest absolute Gasteiger partial charge is 0.150 e. The molecular formula is C9H16O3S. The first-order valence-corrected chi connectivity index (χ1v) is 6.42. The summed E-state index contributed by atoms with van der Waals surface area (Å²) in [5, 5.41) is 0. The van der Waals surface area contributed by atoms with Crippen molar-refractivity contribution in [3.63, 3.8) is 0 Å². The third kappa shape index (κ3) is 2.10. The average molecular weight is 204 g/mol. The second-order valence-electron chi connectivity index (χ2n) is 4.08. The summed E-state index contributed by atoms with van der Waals surface area (Å²) in [4.78, 5) is 10.9. The summed E-state index contributed by atoms with van der Waals surface area (Å²) in [6, 6.07) is 0. The van der Waals surface area contributed by atoms with E-state index in [1.165, 1.54) is 0 Å². The molecule has 0 aromatic rings. The van der Waals surface area contributed by atoms with Gasteiger partial charge in [-0.25, -0.2) is 8.42 Å². The maximum absolute atomic E-state index is 11.2. The van der Waals surface area contributed by atoms with Crippen molar-refractivity contribution in [2.75, 3.05) is 11.5 Å². The molecule has 0 bridgehead atoms. The number of rotatable bonds is 3. The molecular weight excluding hydrogens is 188 g/mol. The maximum Gasteiger partial charge on any atom is 0.150 e. The van der Waals surface area contributed by atoms with E-state index in [9.17, 15) is 13.2 Å². The summed E-state index contributed by atoms with van der Waals surface area (Å²) in [6.45, 7) is 3.78. The highest BCUT2D eigenvalue weighted by molar-refractivity contribution is 7.91. The van der Waals surface area contributed by atoms with E-state index in [1.54, 1.807) is 0 Å². The largest absolute Gasteiger partial charge is 0.303 e. The minimum atomic E-state index is -2.86. The van der Waals surface area contributed by atoms with Crippen LogP contribution < -0.4 is 0 Å². The summed E-state index contributed by atoms with van der Waals surface area (Å²) >= 11 is 0. The van der Waals surface area contributed by atoms with Crippen molar-refractivity contribution in [2.24, 2.45) is 11.3 Å². The van der Waals surface area contributed by atoms with Gasteiger partial charge in [-0.05, 0) is 18.8 Å². The molecule has 0 radical (unpaired) electrons. The van der Waals surface area contributed by atoms with Crippen LogP contribution in [0.15, 0.2) is 0 Å². The first-order valence-electron chi connectivity index (χ1n) is 4.60. The first-order chi connectivity index (χ1) is 5.93. The van der Waals surface area contributed by atoms with Gasteiger partial charge >= 0.3 is 0 Å². The minimum absolute atomic E-state index is 0.0278. The van der Waals surface area contributed by atoms with Gasteiger partial charge in [0.1, 0.15) is 6.29 Å². The van der Waals surface area contributed by atoms with Gasteiger partial charge in [-0.3, -0.25) is 0 Å². The highest BCUT2D eigenvalue weighted by Gasteiger charge is 2.40. The highest BCUT2D eigenvalue weighted by atomic mass is 32.2. The van der Waals surface area contributed by atoms with Crippen molar-refractivity contribution in [1.29, 1.82) is 0 Å². The van der Waals surface area contributed by atoms with Gasteiger partial charge in [-0.15, -0.1) is 0 Å². The van der Waals surface area contributed by atoms with Crippen LogP contribution in [0.3, 0.4) is 0 Å². The Balaban J connectivity index is 2.80. The summed E-state index contributed by atoms with van der Waals surface area (Å²) in [5.41, 5.74) is -0.441. The molecule has 4 heteroatoms. The zero-order valence-corrected chi connectivity index (χ0v) is 8.93. The average Bonchev–Trinajstić information content (AvgIpc) is 2.45. The lowest BCUT2D eigenvalue weighted by Crippen LogP contribution is -2.29. The Morgan fingerprint density at radius 2 is 2.15 bits per heavy atom. The molecule has 1 aliphatic heterocycles. The molecule has 0 N–H and O–H groups in total. The van der Waals surface area contributed by atoms with Crippen molar-refractivity contribution in [3.8, 4) is 0 Å². The van der Waals surface area contributed by atoms with Crippen LogP contribution in [-0.2, 0) is 14.6 Å². The van der Waals surface area contributed by atoms with E-state index in [1.807, 2.05) is 13.8 Å². The molecule has 2 unspecified atom stereocenters. The van der Waals surface area contributed by atoms with Crippen molar-refractivity contribution in [2.45, 2.75) is 26.7 Å². The number of aldehydes is 1. The van der Waals surface area contributed by atoms with E-state index in [0.717, 1.165) is 12.7 Å². The van der Waals surface area contributed by atoms with Crippen LogP contribution in [0, 0.1) is 11.3 Å². The fourth-order valence-corrected chi connectivity index (χ4v) is 3.75. The van der Waals surface area contributed by atoms with Gasteiger partial charge in [0.15, 0.2) is 9.84 Å². The molecule has 0 saturated carbocycles. The topological polar surface area (TPSA) is 51.2 Å². The predicted octanol–water partition coefficient (Wildman–Crippen LogP) is 1.04. The van der Waals surface area contributed by atoms with Crippen LogP contribution in [0.4, 0.5) is 0 Å². The quantitative estimate of drug-likeness (QED) is 0.645. The lowest BCUT2D eigenvalue weighted by atomic mass is 9.76. The molecule has 1 saturated heterocycles. The molecule has 0 aliphatic carbocycles. The molecule has 0 amide bonds. The van der Waals surface area contributed by atoms with Gasteiger partial charge in [-0.1, -0.05) is 13.8 Å². The molecule has 1 fully saturated rings. The van der Waals surface area contributed by atoms with Crippen LogP contribution in [0.25, 0.3) is 0 Å². The molecule has 0 spiro atoms. The predicted molar refractivity (Wildman–Crippen MR) is 51.2 cm³/mol. The molecule has 1 heterocycles. The molecule has 13 heavy (non-hydrogen) atoms. The normalized spacial score (nSPS) is 31.1. The second-order valence-corrected chi connectivity index (χ2v) is 6.31. The minimum Gasteiger partial charge on any atom is -0.303 e. The summed E-state index contributed by atoms with van der Waals surface area (Å²) in [7, 11) is -2.86. The van der Waals surface area contributed by atoms with Crippen LogP contribution in [-0.4, -0.2) is 26.2 Å². The molecule has 0 aromatic carbocycles. The van der Waals surface area contributed by atoms with Crippen LogP contribution in [0.2, 0.25) is 0 Å². The zero-order chi connectivity index (χ0) is 10.1. The van der Waals surface area contributed by atoms with Gasteiger partial charge in [0.25, 0.3) is 0 Å². The van der Waals surface area contributed by atoms with E-state index in [2.05, 4.69) is 0 Å². The van der Waals surface area contributed by atoms with Gasteiger partial charge in [0.05, 0.1) is 11.5 Å². The van der Waals surface area contributed by atoms with Crippen molar-refractivity contribution < 1.29 is 13.2 Å². The van der Waals surface area contributed by atoms with Gasteiger partial charge in [0, 0.05) is 5.41 Å². The van der Waals surface area contributed by atoms with Crippen LogP contribution >= 0.6 is 0 Å². The maximum atomic E-state index is 11.2. The lowest BCUT2D eigenvalue weighted by molar-refractivity contribution is -0.117. The Bertz CT molecular complexity index is 294. The number of carbonyl (C=O) groups is 1. The SMILES string of the molecule is CCC(C)(C=O)C1CCS(=O)(=O)C1. The Kier molecular flexibility index (Phi) is 2.80. The molecule has 1 aliphatic rings. The molecule has 3 nitrogen and oxygen atoms in total. The van der Waals surface area contributed by atoms with Gasteiger partial charge in [-0.2, -0.15) is 0 Å². The van der Waals surface area contributed by atoms with Crippen LogP contribution in [0.5, 0.6) is 0 Å². The highest BCUT2D eigenvalue weighted by Crippen LogP contribution is 2.36. The van der Waals surface area contributed by atoms with E-state index >= 15 is 0 Å². The van der Waals surface area contributed by atoms with Crippen LogP contribution in [0.1, 0.15) is 26.7 Å². The Labute approximate surface area is 79.4 Å². The number of hydrogen-bond acceptors (Lipinski definition) is 3. The third-order valence-electron chi connectivity index (χ3n) is 3.20. The lowest BCUT2D eigenvalue weighted by Gasteiger charge is -2.27. The third-order valence-corrected chi connectivity index (χ3v) is 4.96. The fourth-order valence-electron chi connectivity index (χ4n) is 1.78. The molecule has 2 atom stereocenters. The monoisotopic (exact) mass is 204 g/mol. The molecule has 76 valence electrons. The molecule has 1 rings (SSSR count). The zero-order valence-electron chi connectivity index (χ0n) is 8.12. The van der Waals surface area contributed by atoms with E-state index < -0.39 is 15.3 Å². The Morgan fingerprint density at radius 1 is 1.54 bits per heavy atom. The number of sulfone groups is 1. The number of hydrogen-bond donors (Lipinski definition) is 0. The van der Waals surface area contributed by atoms with Gasteiger partial charge < -0.3 is 4.79 Å². The summed E-state index contributed by atoms with van der Waals surface area (Å²) in [5.74, 6) is 0.469. The van der Waals surface area contributed by atoms with Gasteiger partial charge in [0.2, 0.25) is 0 Å². The van der Waals surface area contributed by atoms with Crippen molar-refractivity contribution in [1.82, 2.24) is 0 Å². The van der Waals surface area contributed by atoms with E-state index in [0.29, 0.717) is 6.42 Å². The summed E-state index contributed by atoms with van der Waals surface area (Å²) in [6.07, 6.45) is 2.28. The Morgan fingerprint density at radius 3 is 2.46 bits per heavy atom. The van der Waals surface area contributed by atoms with Crippen molar-refractivity contribution >= 4 is 16.1 Å². The second kappa shape index (κ2) is 3.40. The fraction of sp³-hybridized carbons (Fsp3) is 0.889. The Hall–Kier alpha value is -0.380. The molecule has 0 aromatic heterocycles. The standard InChI is InChI=1S/C9H16O3S/c1-3-9(2,7-10)8-4-5-13(11,12)6-8/h7-8H,3-6H2,1-2H3. The van der Waals surface area contributed by atoms with E-state index in [-0.39, 0.29) is 17.4 Å². The van der Waals surface area contributed by atoms with Crippen molar-refractivity contribution in [3.05, 3.63) is 0 Å². The first kappa shape index (κ1) is 10.7.